The number of imidazole rings is 1. The zero-order valence-electron chi connectivity index (χ0n) is 10.1. The van der Waals surface area contributed by atoms with Gasteiger partial charge in [-0.1, -0.05) is 20.8 Å². The smallest absolute Gasteiger partial charge is 0.193 e. The Morgan fingerprint density at radius 2 is 2.31 bits per heavy atom. The van der Waals surface area contributed by atoms with Gasteiger partial charge in [0.15, 0.2) is 4.96 Å². The van der Waals surface area contributed by atoms with E-state index in [0.717, 1.165) is 17.1 Å². The third-order valence-electron chi connectivity index (χ3n) is 3.59. The van der Waals surface area contributed by atoms with Gasteiger partial charge in [0.05, 0.1) is 5.69 Å². The van der Waals surface area contributed by atoms with Gasteiger partial charge >= 0.3 is 0 Å². The Morgan fingerprint density at radius 3 is 2.88 bits per heavy atom. The highest BCUT2D eigenvalue weighted by atomic mass is 32.1. The quantitative estimate of drug-likeness (QED) is 0.888. The van der Waals surface area contributed by atoms with Gasteiger partial charge in [-0.15, -0.1) is 11.3 Å². The van der Waals surface area contributed by atoms with Gasteiger partial charge < -0.3 is 5.73 Å². The maximum atomic E-state index is 5.89. The first-order chi connectivity index (χ1) is 7.55. The Bertz CT molecular complexity index is 443. The van der Waals surface area contributed by atoms with Crippen LogP contribution in [-0.4, -0.2) is 15.9 Å². The molecule has 2 heterocycles. The molecule has 0 aliphatic carbocycles. The number of nitrogens with two attached hydrogens (primary N) is 1. The van der Waals surface area contributed by atoms with Crippen molar-refractivity contribution in [3.05, 3.63) is 23.5 Å². The topological polar surface area (TPSA) is 43.3 Å². The Labute approximate surface area is 100 Å². The van der Waals surface area contributed by atoms with Crippen LogP contribution in [0.4, 0.5) is 0 Å². The molecule has 0 bridgehead atoms. The minimum absolute atomic E-state index is 0.143. The molecule has 88 valence electrons. The molecule has 16 heavy (non-hydrogen) atoms. The van der Waals surface area contributed by atoms with Crippen molar-refractivity contribution in [1.29, 1.82) is 0 Å². The molecule has 2 aromatic heterocycles. The summed E-state index contributed by atoms with van der Waals surface area (Å²) in [5, 5.41) is 2.05. The average molecular weight is 237 g/mol. The lowest BCUT2D eigenvalue weighted by Crippen LogP contribution is -2.34. The van der Waals surface area contributed by atoms with Crippen molar-refractivity contribution >= 4 is 16.3 Å². The second-order valence-electron chi connectivity index (χ2n) is 5.01. The zero-order chi connectivity index (χ0) is 11.8. The molecule has 0 aliphatic rings. The standard InChI is InChI=1S/C12H19N3S/c1-9(2)12(3,8-13)6-10-7-15-4-5-16-11(15)14-10/h4-5,7,9H,6,8,13H2,1-3H3. The van der Waals surface area contributed by atoms with Crippen LogP contribution >= 0.6 is 11.3 Å². The van der Waals surface area contributed by atoms with Gasteiger partial charge in [0, 0.05) is 17.8 Å². The Morgan fingerprint density at radius 1 is 1.56 bits per heavy atom. The van der Waals surface area contributed by atoms with Gasteiger partial charge in [-0.25, -0.2) is 4.98 Å². The van der Waals surface area contributed by atoms with Crippen LogP contribution in [0, 0.1) is 11.3 Å². The molecule has 0 radical (unpaired) electrons. The molecule has 2 aromatic rings. The maximum Gasteiger partial charge on any atom is 0.193 e. The second kappa shape index (κ2) is 4.18. The van der Waals surface area contributed by atoms with Crippen LogP contribution in [0.5, 0.6) is 0 Å². The van der Waals surface area contributed by atoms with E-state index in [4.69, 9.17) is 5.73 Å². The summed E-state index contributed by atoms with van der Waals surface area (Å²) in [6.45, 7) is 7.40. The molecule has 0 fully saturated rings. The predicted octanol–water partition coefficient (Wildman–Crippen LogP) is 2.56. The van der Waals surface area contributed by atoms with Crippen LogP contribution in [0.1, 0.15) is 26.5 Å². The molecule has 2 rings (SSSR count). The second-order valence-corrected chi connectivity index (χ2v) is 5.89. The lowest BCUT2D eigenvalue weighted by atomic mass is 9.76. The third kappa shape index (κ3) is 1.99. The van der Waals surface area contributed by atoms with Crippen molar-refractivity contribution in [1.82, 2.24) is 9.38 Å². The molecule has 0 saturated heterocycles. The molecule has 0 aromatic carbocycles. The lowest BCUT2D eigenvalue weighted by Gasteiger charge is -2.31. The van der Waals surface area contributed by atoms with Crippen LogP contribution in [0.2, 0.25) is 0 Å². The van der Waals surface area contributed by atoms with Crippen molar-refractivity contribution in [2.45, 2.75) is 27.2 Å². The molecule has 0 amide bonds. The van der Waals surface area contributed by atoms with Crippen molar-refractivity contribution in [3.8, 4) is 0 Å². The van der Waals surface area contributed by atoms with Gasteiger partial charge in [-0.2, -0.15) is 0 Å². The highest BCUT2D eigenvalue weighted by molar-refractivity contribution is 7.15. The Balaban J connectivity index is 2.23. The molecule has 0 spiro atoms. The van der Waals surface area contributed by atoms with E-state index in [1.54, 1.807) is 11.3 Å². The summed E-state index contributed by atoms with van der Waals surface area (Å²) in [5.74, 6) is 0.567. The maximum absolute atomic E-state index is 5.89. The zero-order valence-corrected chi connectivity index (χ0v) is 10.9. The van der Waals surface area contributed by atoms with Crippen LogP contribution in [0.3, 0.4) is 0 Å². The highest BCUT2D eigenvalue weighted by Gasteiger charge is 2.28. The van der Waals surface area contributed by atoms with E-state index in [9.17, 15) is 0 Å². The van der Waals surface area contributed by atoms with E-state index >= 15 is 0 Å². The summed E-state index contributed by atoms with van der Waals surface area (Å²) in [5.41, 5.74) is 7.18. The van der Waals surface area contributed by atoms with E-state index in [-0.39, 0.29) is 5.41 Å². The van der Waals surface area contributed by atoms with Crippen molar-refractivity contribution < 1.29 is 0 Å². The number of fused-ring (bicyclic) bond motifs is 1. The average Bonchev–Trinajstić information content (AvgIpc) is 2.77. The summed E-state index contributed by atoms with van der Waals surface area (Å²) in [6, 6.07) is 0. The fourth-order valence-electron chi connectivity index (χ4n) is 1.79. The molecular formula is C12H19N3S. The van der Waals surface area contributed by atoms with Crippen LogP contribution in [0.25, 0.3) is 4.96 Å². The molecule has 1 atom stereocenters. The van der Waals surface area contributed by atoms with Gasteiger partial charge in [0.1, 0.15) is 0 Å². The highest BCUT2D eigenvalue weighted by Crippen LogP contribution is 2.30. The monoisotopic (exact) mass is 237 g/mol. The predicted molar refractivity (Wildman–Crippen MR) is 68.8 cm³/mol. The normalized spacial score (nSPS) is 15.8. The van der Waals surface area contributed by atoms with Gasteiger partial charge in [-0.05, 0) is 24.3 Å². The fraction of sp³-hybridized carbons (Fsp3) is 0.583. The van der Waals surface area contributed by atoms with E-state index in [1.807, 2.05) is 6.20 Å². The molecule has 0 aliphatic heterocycles. The summed E-state index contributed by atoms with van der Waals surface area (Å²) in [4.78, 5) is 5.68. The number of thiazole rings is 1. The molecular weight excluding hydrogens is 218 g/mol. The first-order valence-electron chi connectivity index (χ1n) is 5.66. The SMILES string of the molecule is CC(C)C(C)(CN)Cc1cn2ccsc2n1. The van der Waals surface area contributed by atoms with Crippen LogP contribution in [0.15, 0.2) is 17.8 Å². The van der Waals surface area contributed by atoms with Gasteiger partial charge in [0.25, 0.3) is 0 Å². The summed E-state index contributed by atoms with van der Waals surface area (Å²) < 4.78 is 2.08. The number of hydrogen-bond donors (Lipinski definition) is 1. The van der Waals surface area contributed by atoms with E-state index in [0.29, 0.717) is 12.5 Å². The van der Waals surface area contributed by atoms with E-state index < -0.39 is 0 Å². The third-order valence-corrected chi connectivity index (χ3v) is 4.36. The number of nitrogens with zero attached hydrogens (tertiary/aromatic N) is 2. The van der Waals surface area contributed by atoms with Crippen molar-refractivity contribution in [3.63, 3.8) is 0 Å². The molecule has 0 saturated carbocycles. The van der Waals surface area contributed by atoms with Crippen molar-refractivity contribution in [2.75, 3.05) is 6.54 Å². The van der Waals surface area contributed by atoms with Gasteiger partial charge in [0.2, 0.25) is 0 Å². The van der Waals surface area contributed by atoms with E-state index in [1.165, 1.54) is 0 Å². The van der Waals surface area contributed by atoms with Crippen LogP contribution in [-0.2, 0) is 6.42 Å². The number of rotatable bonds is 4. The molecule has 3 nitrogen and oxygen atoms in total. The fourth-order valence-corrected chi connectivity index (χ4v) is 2.51. The minimum Gasteiger partial charge on any atom is -0.330 e. The molecule has 4 heteroatoms. The Hall–Kier alpha value is -0.870. The van der Waals surface area contributed by atoms with Gasteiger partial charge in [-0.3, -0.25) is 4.40 Å². The number of hydrogen-bond acceptors (Lipinski definition) is 3. The summed E-state index contributed by atoms with van der Waals surface area (Å²) >= 11 is 1.67. The Kier molecular flexibility index (Phi) is 3.04. The first kappa shape index (κ1) is 11.6. The largest absolute Gasteiger partial charge is 0.330 e. The van der Waals surface area contributed by atoms with Crippen molar-refractivity contribution in [2.24, 2.45) is 17.1 Å². The summed E-state index contributed by atoms with van der Waals surface area (Å²) in [6.07, 6.45) is 5.11. The van der Waals surface area contributed by atoms with Crippen LogP contribution < -0.4 is 5.73 Å². The molecule has 1 unspecified atom stereocenters. The first-order valence-corrected chi connectivity index (χ1v) is 6.54. The lowest BCUT2D eigenvalue weighted by molar-refractivity contribution is 0.225. The van der Waals surface area contributed by atoms with E-state index in [2.05, 4.69) is 41.7 Å². The minimum atomic E-state index is 0.143. The summed E-state index contributed by atoms with van der Waals surface area (Å²) in [7, 11) is 0. The number of aromatic nitrogens is 2. The molecule has 2 N–H and O–H groups in total.